The number of hydrogen-bond donors (Lipinski definition) is 0. The molecule has 0 atom stereocenters. The summed E-state index contributed by atoms with van der Waals surface area (Å²) in [7, 11) is 0. The first-order chi connectivity index (χ1) is 12.1. The lowest BCUT2D eigenvalue weighted by Gasteiger charge is -2.27. The summed E-state index contributed by atoms with van der Waals surface area (Å²) < 4.78 is 0. The fourth-order valence-corrected chi connectivity index (χ4v) is 2.48. The smallest absolute Gasteiger partial charge is 0.232 e. The molecule has 0 N–H and O–H groups in total. The molecule has 0 spiro atoms. The molecule has 25 heavy (non-hydrogen) atoms. The Labute approximate surface area is 152 Å². The fourth-order valence-electron chi connectivity index (χ4n) is 2.48. The van der Waals surface area contributed by atoms with Gasteiger partial charge in [-0.1, -0.05) is 25.2 Å². The molecule has 0 radical (unpaired) electrons. The second kappa shape index (κ2) is 11.2. The highest BCUT2D eigenvalue weighted by molar-refractivity contribution is 5.47. The van der Waals surface area contributed by atoms with Gasteiger partial charge in [-0.2, -0.15) is 15.0 Å². The molecule has 6 nitrogen and oxygen atoms in total. The Bertz CT molecular complexity index is 521. The zero-order chi connectivity index (χ0) is 18.7. The van der Waals surface area contributed by atoms with Crippen LogP contribution in [0.2, 0.25) is 0 Å². The van der Waals surface area contributed by atoms with Gasteiger partial charge in [0, 0.05) is 39.3 Å². The minimum atomic E-state index is 0.676. The Hall–Kier alpha value is -2.37. The lowest BCUT2D eigenvalue weighted by atomic mass is 10.4. The molecule has 0 saturated heterocycles. The summed E-state index contributed by atoms with van der Waals surface area (Å²) in [5, 5.41) is 0. The highest BCUT2D eigenvalue weighted by atomic mass is 15.4. The van der Waals surface area contributed by atoms with E-state index < -0.39 is 0 Å². The summed E-state index contributed by atoms with van der Waals surface area (Å²) in [6.45, 7) is 22.4. The van der Waals surface area contributed by atoms with Gasteiger partial charge in [0.05, 0.1) is 0 Å². The van der Waals surface area contributed by atoms with Crippen LogP contribution in [0.25, 0.3) is 0 Å². The first-order valence-corrected chi connectivity index (χ1v) is 8.98. The molecule has 0 aliphatic heterocycles. The van der Waals surface area contributed by atoms with Crippen LogP contribution in [-0.4, -0.2) is 54.2 Å². The van der Waals surface area contributed by atoms with E-state index in [0.29, 0.717) is 37.5 Å². The van der Waals surface area contributed by atoms with Crippen LogP contribution in [0.5, 0.6) is 0 Å². The van der Waals surface area contributed by atoms with Gasteiger partial charge in [0.25, 0.3) is 0 Å². The van der Waals surface area contributed by atoms with Gasteiger partial charge >= 0.3 is 0 Å². The van der Waals surface area contributed by atoms with E-state index in [4.69, 9.17) is 15.0 Å². The first-order valence-electron chi connectivity index (χ1n) is 8.98. The van der Waals surface area contributed by atoms with E-state index in [9.17, 15) is 0 Å². The average Bonchev–Trinajstić information content (AvgIpc) is 2.63. The van der Waals surface area contributed by atoms with Crippen LogP contribution in [0.4, 0.5) is 17.8 Å². The van der Waals surface area contributed by atoms with Gasteiger partial charge in [-0.3, -0.25) is 0 Å². The molecule has 6 heteroatoms. The maximum Gasteiger partial charge on any atom is 0.232 e. The second-order valence-electron chi connectivity index (χ2n) is 5.62. The van der Waals surface area contributed by atoms with Gasteiger partial charge in [0.2, 0.25) is 17.8 Å². The molecule has 1 rings (SSSR count). The minimum absolute atomic E-state index is 0.676. The molecule has 1 heterocycles. The van der Waals surface area contributed by atoms with E-state index >= 15 is 0 Å². The van der Waals surface area contributed by atoms with Crippen molar-refractivity contribution in [1.82, 2.24) is 15.0 Å². The lowest BCUT2D eigenvalue weighted by Crippen LogP contribution is -2.32. The molecule has 0 unspecified atom stereocenters. The molecule has 0 aliphatic carbocycles. The van der Waals surface area contributed by atoms with Crippen LogP contribution in [0.15, 0.2) is 38.0 Å². The summed E-state index contributed by atoms with van der Waals surface area (Å²) in [6.07, 6.45) is 6.61. The van der Waals surface area contributed by atoms with Crippen molar-refractivity contribution in [3.8, 4) is 0 Å². The van der Waals surface area contributed by atoms with Crippen molar-refractivity contribution in [3.05, 3.63) is 38.0 Å². The maximum atomic E-state index is 4.72. The Morgan fingerprint density at radius 2 is 1.04 bits per heavy atom. The second-order valence-corrected chi connectivity index (χ2v) is 5.62. The normalized spacial score (nSPS) is 10.2. The first kappa shape index (κ1) is 20.7. The summed E-state index contributed by atoms with van der Waals surface area (Å²) in [6, 6.07) is 0. The van der Waals surface area contributed by atoms with Gasteiger partial charge in [-0.05, 0) is 20.3 Å². The molecule has 0 aliphatic rings. The lowest BCUT2D eigenvalue weighted by molar-refractivity contribution is 0.751. The third-order valence-corrected chi connectivity index (χ3v) is 3.75. The van der Waals surface area contributed by atoms with Crippen LogP contribution in [0.3, 0.4) is 0 Å². The Morgan fingerprint density at radius 1 is 0.680 bits per heavy atom. The molecule has 0 fully saturated rings. The number of hydrogen-bond acceptors (Lipinski definition) is 6. The topological polar surface area (TPSA) is 48.4 Å². The van der Waals surface area contributed by atoms with Gasteiger partial charge in [-0.15, -0.1) is 19.7 Å². The van der Waals surface area contributed by atoms with E-state index in [0.717, 1.165) is 26.1 Å². The van der Waals surface area contributed by atoms with Crippen LogP contribution in [-0.2, 0) is 0 Å². The Morgan fingerprint density at radius 3 is 1.36 bits per heavy atom. The monoisotopic (exact) mass is 344 g/mol. The fraction of sp³-hybridized carbons (Fsp3) is 0.526. The Kier molecular flexibility index (Phi) is 9.29. The zero-order valence-corrected chi connectivity index (χ0v) is 16.0. The van der Waals surface area contributed by atoms with E-state index in [-0.39, 0.29) is 0 Å². The van der Waals surface area contributed by atoms with E-state index in [2.05, 4.69) is 55.2 Å². The predicted octanol–water partition coefficient (Wildman–Crippen LogP) is 3.30. The molecular weight excluding hydrogens is 312 g/mol. The van der Waals surface area contributed by atoms with E-state index in [1.54, 1.807) is 0 Å². The minimum Gasteiger partial charge on any atom is -0.337 e. The number of aromatic nitrogens is 3. The standard InChI is InChI=1S/C19H32N6/c1-7-13-23(11-5)17-20-18(24(12-6)14-8-2)22-19(21-17)25(15-9-3)16-10-4/h7-9H,1-3,10-16H2,4-6H3. The number of rotatable bonds is 13. The van der Waals surface area contributed by atoms with Gasteiger partial charge in [0.15, 0.2) is 0 Å². The third kappa shape index (κ3) is 5.89. The average molecular weight is 345 g/mol. The summed E-state index contributed by atoms with van der Waals surface area (Å²) in [5.41, 5.74) is 0. The summed E-state index contributed by atoms with van der Waals surface area (Å²) in [5.74, 6) is 2.04. The van der Waals surface area contributed by atoms with Crippen molar-refractivity contribution in [2.75, 3.05) is 54.0 Å². The predicted molar refractivity (Wildman–Crippen MR) is 109 cm³/mol. The molecule has 138 valence electrons. The number of nitrogens with zero attached hydrogens (tertiary/aromatic N) is 6. The molecule has 0 aromatic carbocycles. The van der Waals surface area contributed by atoms with Crippen molar-refractivity contribution >= 4 is 17.8 Å². The van der Waals surface area contributed by atoms with Crippen molar-refractivity contribution in [3.63, 3.8) is 0 Å². The van der Waals surface area contributed by atoms with Gasteiger partial charge in [-0.25, -0.2) is 0 Å². The SMILES string of the molecule is C=CCN(CC)c1nc(N(CC)CC=C)nc(N(CC=C)CCC)n1. The highest BCUT2D eigenvalue weighted by Crippen LogP contribution is 2.19. The number of likely N-dealkylation sites (N-methyl/N-ethyl adjacent to an activating group) is 2. The molecular formula is C19H32N6. The van der Waals surface area contributed by atoms with E-state index in [1.165, 1.54) is 0 Å². The van der Waals surface area contributed by atoms with E-state index in [1.807, 2.05) is 18.2 Å². The molecule has 0 amide bonds. The quantitative estimate of drug-likeness (QED) is 0.512. The molecule has 0 saturated carbocycles. The summed E-state index contributed by atoms with van der Waals surface area (Å²) >= 11 is 0. The van der Waals surface area contributed by atoms with Crippen LogP contribution in [0, 0.1) is 0 Å². The molecule has 0 bridgehead atoms. The van der Waals surface area contributed by atoms with Gasteiger partial charge in [0.1, 0.15) is 0 Å². The third-order valence-electron chi connectivity index (χ3n) is 3.75. The van der Waals surface area contributed by atoms with Crippen LogP contribution >= 0.6 is 0 Å². The largest absolute Gasteiger partial charge is 0.337 e. The molecule has 1 aromatic rings. The molecule has 1 aromatic heterocycles. The maximum absolute atomic E-state index is 4.72. The van der Waals surface area contributed by atoms with Gasteiger partial charge < -0.3 is 14.7 Å². The van der Waals surface area contributed by atoms with Crippen molar-refractivity contribution < 1.29 is 0 Å². The Balaban J connectivity index is 3.39. The van der Waals surface area contributed by atoms with Crippen molar-refractivity contribution in [2.45, 2.75) is 27.2 Å². The number of anilines is 3. The zero-order valence-electron chi connectivity index (χ0n) is 16.0. The summed E-state index contributed by atoms with van der Waals surface area (Å²) in [4.78, 5) is 20.4. The van der Waals surface area contributed by atoms with Crippen molar-refractivity contribution in [1.29, 1.82) is 0 Å². The van der Waals surface area contributed by atoms with Crippen molar-refractivity contribution in [2.24, 2.45) is 0 Å². The highest BCUT2D eigenvalue weighted by Gasteiger charge is 2.17. The van der Waals surface area contributed by atoms with Crippen LogP contribution in [0.1, 0.15) is 27.2 Å². The van der Waals surface area contributed by atoms with Crippen LogP contribution < -0.4 is 14.7 Å².